The zero-order valence-electron chi connectivity index (χ0n) is 9.42. The maximum Gasteiger partial charge on any atom is 0.358 e. The van der Waals surface area contributed by atoms with Crippen LogP contribution in [0.25, 0.3) is 5.69 Å². The van der Waals surface area contributed by atoms with E-state index < -0.39 is 29.1 Å². The van der Waals surface area contributed by atoms with Gasteiger partial charge in [0.2, 0.25) is 0 Å². The molecule has 0 atom stereocenters. The second-order valence-corrected chi connectivity index (χ2v) is 4.07. The van der Waals surface area contributed by atoms with E-state index in [0.717, 1.165) is 4.68 Å². The monoisotopic (exact) mass is 290 g/mol. The molecule has 100 valence electrons. The normalized spacial score (nSPS) is 10.8. The zero-order chi connectivity index (χ0) is 14.3. The van der Waals surface area contributed by atoms with E-state index in [4.69, 9.17) is 16.7 Å². The van der Waals surface area contributed by atoms with Crippen molar-refractivity contribution in [2.75, 3.05) is 0 Å². The number of carboxylic acids is 1. The van der Waals surface area contributed by atoms with Crippen molar-refractivity contribution in [1.82, 2.24) is 9.78 Å². The van der Waals surface area contributed by atoms with Gasteiger partial charge in [-0.15, -0.1) is 0 Å². The van der Waals surface area contributed by atoms with Gasteiger partial charge in [-0.05, 0) is 6.92 Å². The van der Waals surface area contributed by atoms with Gasteiger partial charge in [0.25, 0.3) is 0 Å². The first-order chi connectivity index (χ1) is 8.82. The molecule has 4 nitrogen and oxygen atoms in total. The Morgan fingerprint density at radius 1 is 1.32 bits per heavy atom. The van der Waals surface area contributed by atoms with E-state index >= 15 is 0 Å². The Labute approximate surface area is 110 Å². The smallest absolute Gasteiger partial charge is 0.358 e. The van der Waals surface area contributed by atoms with E-state index in [1.165, 1.54) is 6.92 Å². The van der Waals surface area contributed by atoms with Crippen molar-refractivity contribution in [3.63, 3.8) is 0 Å². The molecule has 1 heterocycles. The first-order valence-corrected chi connectivity index (χ1v) is 5.34. The first-order valence-electron chi connectivity index (χ1n) is 4.96. The SMILES string of the molecule is Cc1c(Cl)c(C(=O)O)nn1-c1cc(F)c(F)c(F)c1. The fourth-order valence-electron chi connectivity index (χ4n) is 1.54. The van der Waals surface area contributed by atoms with Crippen LogP contribution in [0.4, 0.5) is 13.2 Å². The standard InChI is InChI=1S/C11H6ClF3N2O2/c1-4-8(12)10(11(18)19)16-17(4)5-2-6(13)9(15)7(14)3-5/h2-3H,1H3,(H,18,19). The zero-order valence-corrected chi connectivity index (χ0v) is 10.2. The molecule has 0 aliphatic heterocycles. The van der Waals surface area contributed by atoms with Gasteiger partial charge in [-0.2, -0.15) is 5.10 Å². The lowest BCUT2D eigenvalue weighted by Gasteiger charge is -2.05. The van der Waals surface area contributed by atoms with E-state index in [9.17, 15) is 18.0 Å². The molecule has 1 aromatic heterocycles. The van der Waals surface area contributed by atoms with Gasteiger partial charge in [-0.25, -0.2) is 22.6 Å². The minimum atomic E-state index is -1.61. The fourth-order valence-corrected chi connectivity index (χ4v) is 1.73. The Bertz CT molecular complexity index is 662. The molecule has 19 heavy (non-hydrogen) atoms. The maximum atomic E-state index is 13.1. The highest BCUT2D eigenvalue weighted by atomic mass is 35.5. The summed E-state index contributed by atoms with van der Waals surface area (Å²) in [5.74, 6) is -5.80. The van der Waals surface area contributed by atoms with Gasteiger partial charge < -0.3 is 5.11 Å². The van der Waals surface area contributed by atoms with Gasteiger partial charge in [-0.3, -0.25) is 0 Å². The molecule has 0 saturated heterocycles. The summed E-state index contributed by atoms with van der Waals surface area (Å²) in [6.45, 7) is 1.42. The number of hydrogen-bond acceptors (Lipinski definition) is 2. The molecule has 0 aliphatic rings. The van der Waals surface area contributed by atoms with Crippen LogP contribution in [0.3, 0.4) is 0 Å². The van der Waals surface area contributed by atoms with Crippen LogP contribution in [-0.4, -0.2) is 20.9 Å². The number of nitrogens with zero attached hydrogens (tertiary/aromatic N) is 2. The third kappa shape index (κ3) is 2.17. The van der Waals surface area contributed by atoms with Crippen LogP contribution in [0.2, 0.25) is 5.02 Å². The molecular weight excluding hydrogens is 285 g/mol. The average Bonchev–Trinajstić information content (AvgIpc) is 2.63. The van der Waals surface area contributed by atoms with Crippen molar-refractivity contribution in [2.24, 2.45) is 0 Å². The number of halogens is 4. The lowest BCUT2D eigenvalue weighted by atomic mass is 10.3. The Morgan fingerprint density at radius 3 is 2.26 bits per heavy atom. The summed E-state index contributed by atoms with van der Waals surface area (Å²) >= 11 is 5.74. The van der Waals surface area contributed by atoms with Gasteiger partial charge in [0.15, 0.2) is 23.1 Å². The summed E-state index contributed by atoms with van der Waals surface area (Å²) in [6.07, 6.45) is 0. The molecule has 0 unspecified atom stereocenters. The summed E-state index contributed by atoms with van der Waals surface area (Å²) in [7, 11) is 0. The fraction of sp³-hybridized carbons (Fsp3) is 0.0909. The topological polar surface area (TPSA) is 55.1 Å². The summed E-state index contributed by atoms with van der Waals surface area (Å²) in [5, 5.41) is 12.3. The Balaban J connectivity index is 2.66. The molecule has 0 spiro atoms. The second kappa shape index (κ2) is 4.58. The van der Waals surface area contributed by atoms with E-state index in [2.05, 4.69) is 5.10 Å². The summed E-state index contributed by atoms with van der Waals surface area (Å²) in [5.41, 5.74) is -0.447. The summed E-state index contributed by atoms with van der Waals surface area (Å²) in [4.78, 5) is 10.8. The van der Waals surface area contributed by atoms with Crippen LogP contribution < -0.4 is 0 Å². The van der Waals surface area contributed by atoms with Crippen molar-refractivity contribution in [1.29, 1.82) is 0 Å². The third-order valence-corrected chi connectivity index (χ3v) is 2.91. The van der Waals surface area contributed by atoms with Crippen LogP contribution in [0.5, 0.6) is 0 Å². The number of hydrogen-bond donors (Lipinski definition) is 1. The van der Waals surface area contributed by atoms with Crippen LogP contribution in [0.1, 0.15) is 16.2 Å². The lowest BCUT2D eigenvalue weighted by Crippen LogP contribution is -2.04. The van der Waals surface area contributed by atoms with Gasteiger partial charge in [0.1, 0.15) is 0 Å². The molecule has 0 fully saturated rings. The number of carbonyl (C=O) groups is 1. The molecule has 0 saturated carbocycles. The minimum Gasteiger partial charge on any atom is -0.476 e. The minimum absolute atomic E-state index is 0.155. The highest BCUT2D eigenvalue weighted by Crippen LogP contribution is 2.24. The Kier molecular flexibility index (Phi) is 3.23. The lowest BCUT2D eigenvalue weighted by molar-refractivity contribution is 0.0690. The van der Waals surface area contributed by atoms with Gasteiger partial charge >= 0.3 is 5.97 Å². The van der Waals surface area contributed by atoms with E-state index in [-0.39, 0.29) is 16.4 Å². The maximum absolute atomic E-state index is 13.1. The van der Waals surface area contributed by atoms with Gasteiger partial charge in [0, 0.05) is 12.1 Å². The van der Waals surface area contributed by atoms with E-state index in [0.29, 0.717) is 12.1 Å². The van der Waals surface area contributed by atoms with Crippen molar-refractivity contribution in [3.05, 3.63) is 46.0 Å². The predicted molar refractivity (Wildman–Crippen MR) is 60.1 cm³/mol. The number of rotatable bonds is 2. The first kappa shape index (κ1) is 13.4. The summed E-state index contributed by atoms with van der Waals surface area (Å²) < 4.78 is 40.0. The third-order valence-electron chi connectivity index (χ3n) is 2.46. The van der Waals surface area contributed by atoms with E-state index in [1.54, 1.807) is 0 Å². The molecule has 0 radical (unpaired) electrons. The van der Waals surface area contributed by atoms with Crippen molar-refractivity contribution in [2.45, 2.75) is 6.92 Å². The number of aromatic carboxylic acids is 1. The number of aromatic nitrogens is 2. The molecule has 0 amide bonds. The molecule has 2 aromatic rings. The van der Waals surface area contributed by atoms with Crippen molar-refractivity contribution < 1.29 is 23.1 Å². The average molecular weight is 291 g/mol. The van der Waals surface area contributed by atoms with Crippen molar-refractivity contribution >= 4 is 17.6 Å². The Hall–Kier alpha value is -2.02. The quantitative estimate of drug-likeness (QED) is 0.865. The largest absolute Gasteiger partial charge is 0.476 e. The van der Waals surface area contributed by atoms with Gasteiger partial charge in [-0.1, -0.05) is 11.6 Å². The Morgan fingerprint density at radius 2 is 1.84 bits per heavy atom. The molecule has 0 aliphatic carbocycles. The summed E-state index contributed by atoms with van der Waals surface area (Å²) in [6, 6.07) is 1.39. The van der Waals surface area contributed by atoms with Crippen LogP contribution in [0, 0.1) is 24.4 Å². The van der Waals surface area contributed by atoms with E-state index in [1.807, 2.05) is 0 Å². The number of carboxylic acid groups (broad SMARTS) is 1. The molecule has 2 rings (SSSR count). The molecular formula is C11H6ClF3N2O2. The van der Waals surface area contributed by atoms with Crippen LogP contribution in [0.15, 0.2) is 12.1 Å². The molecule has 1 aromatic carbocycles. The highest BCUT2D eigenvalue weighted by Gasteiger charge is 2.21. The van der Waals surface area contributed by atoms with Crippen molar-refractivity contribution in [3.8, 4) is 5.69 Å². The highest BCUT2D eigenvalue weighted by molar-refractivity contribution is 6.33. The molecule has 8 heteroatoms. The molecule has 0 bridgehead atoms. The molecule has 1 N–H and O–H groups in total. The number of benzene rings is 1. The van der Waals surface area contributed by atoms with Gasteiger partial charge in [0.05, 0.1) is 16.4 Å². The predicted octanol–water partition coefficient (Wildman–Crippen LogP) is 2.95. The van der Waals surface area contributed by atoms with Crippen LogP contribution >= 0.6 is 11.6 Å². The second-order valence-electron chi connectivity index (χ2n) is 3.69. The van der Waals surface area contributed by atoms with Crippen LogP contribution in [-0.2, 0) is 0 Å².